The molecule has 1 heterocycles. The van der Waals surface area contributed by atoms with Crippen LogP contribution in [0.3, 0.4) is 0 Å². The Bertz CT molecular complexity index is 590. The first-order valence-corrected chi connectivity index (χ1v) is 6.53. The fourth-order valence-electron chi connectivity index (χ4n) is 2.16. The van der Waals surface area contributed by atoms with Crippen molar-refractivity contribution in [2.24, 2.45) is 0 Å². The van der Waals surface area contributed by atoms with E-state index in [1.165, 1.54) is 16.5 Å². The van der Waals surface area contributed by atoms with Crippen LogP contribution >= 0.6 is 0 Å². The zero-order valence-corrected chi connectivity index (χ0v) is 11.6. The van der Waals surface area contributed by atoms with E-state index >= 15 is 0 Å². The number of methoxy groups -OCH3 is 1. The lowest BCUT2D eigenvalue weighted by Gasteiger charge is -2.02. The molecule has 0 saturated heterocycles. The zero-order valence-electron chi connectivity index (χ0n) is 11.6. The van der Waals surface area contributed by atoms with Gasteiger partial charge in [0.1, 0.15) is 0 Å². The van der Waals surface area contributed by atoms with Gasteiger partial charge in [-0.1, -0.05) is 24.1 Å². The van der Waals surface area contributed by atoms with Crippen molar-refractivity contribution < 1.29 is 4.74 Å². The molecule has 2 aromatic rings. The minimum absolute atomic E-state index is 0.736. The number of para-hydroxylation sites is 1. The highest BCUT2D eigenvalue weighted by molar-refractivity contribution is 5.84. The van der Waals surface area contributed by atoms with E-state index in [4.69, 9.17) is 4.74 Å². The average Bonchev–Trinajstić information content (AvgIpc) is 2.80. The number of fused-ring (bicyclic) bond motifs is 1. The maximum atomic E-state index is 5.04. The van der Waals surface area contributed by atoms with Crippen LogP contribution in [0.2, 0.25) is 0 Å². The number of nitrogens with one attached hydrogen (secondary N) is 1. The van der Waals surface area contributed by atoms with Gasteiger partial charge in [-0.3, -0.25) is 0 Å². The van der Waals surface area contributed by atoms with E-state index in [1.54, 1.807) is 7.11 Å². The largest absolute Gasteiger partial charge is 0.383 e. The first kappa shape index (κ1) is 13.7. The van der Waals surface area contributed by atoms with Crippen molar-refractivity contribution in [2.75, 3.05) is 20.3 Å². The summed E-state index contributed by atoms with van der Waals surface area (Å²) in [6, 6.07) is 8.46. The number of nitrogens with zero attached hydrogens (tertiary/aromatic N) is 1. The molecule has 100 valence electrons. The summed E-state index contributed by atoms with van der Waals surface area (Å²) in [5.74, 6) is 6.07. The monoisotopic (exact) mass is 256 g/mol. The first-order chi connectivity index (χ1) is 9.36. The lowest BCUT2D eigenvalue weighted by molar-refractivity contribution is 0.199. The summed E-state index contributed by atoms with van der Waals surface area (Å²) in [7, 11) is 1.72. The van der Waals surface area contributed by atoms with Gasteiger partial charge in [-0.25, -0.2) is 0 Å². The second-order valence-corrected chi connectivity index (χ2v) is 4.40. The lowest BCUT2D eigenvalue weighted by atomic mass is 10.2. The summed E-state index contributed by atoms with van der Waals surface area (Å²) < 4.78 is 7.25. The Morgan fingerprint density at radius 3 is 2.95 bits per heavy atom. The molecule has 0 aliphatic carbocycles. The second kappa shape index (κ2) is 6.98. The Balaban J connectivity index is 2.19. The fourth-order valence-corrected chi connectivity index (χ4v) is 2.16. The molecule has 2 rings (SSSR count). The summed E-state index contributed by atoms with van der Waals surface area (Å²) in [4.78, 5) is 0. The van der Waals surface area contributed by atoms with Gasteiger partial charge in [0, 0.05) is 37.3 Å². The van der Waals surface area contributed by atoms with Gasteiger partial charge in [0.05, 0.1) is 13.2 Å². The predicted molar refractivity (Wildman–Crippen MR) is 79.0 cm³/mol. The van der Waals surface area contributed by atoms with Crippen molar-refractivity contribution in [3.8, 4) is 11.8 Å². The van der Waals surface area contributed by atoms with Gasteiger partial charge in [-0.2, -0.15) is 0 Å². The van der Waals surface area contributed by atoms with Gasteiger partial charge < -0.3 is 14.6 Å². The number of aromatic nitrogens is 1. The smallest absolute Gasteiger partial charge is 0.0837 e. The molecule has 0 spiro atoms. The van der Waals surface area contributed by atoms with Gasteiger partial charge in [-0.05, 0) is 18.6 Å². The van der Waals surface area contributed by atoms with Crippen LogP contribution in [-0.2, 0) is 17.8 Å². The number of ether oxygens (including phenoxy) is 1. The fraction of sp³-hybridized carbons (Fsp3) is 0.375. The van der Waals surface area contributed by atoms with Gasteiger partial charge in [0.2, 0.25) is 0 Å². The summed E-state index contributed by atoms with van der Waals surface area (Å²) in [5, 5.41) is 4.69. The molecule has 0 atom stereocenters. The molecule has 0 amide bonds. The molecular weight excluding hydrogens is 236 g/mol. The van der Waals surface area contributed by atoms with E-state index in [9.17, 15) is 0 Å². The summed E-state index contributed by atoms with van der Waals surface area (Å²) >= 11 is 0. The molecule has 3 heteroatoms. The molecule has 0 unspecified atom stereocenters. The lowest BCUT2D eigenvalue weighted by Crippen LogP contribution is -2.18. The van der Waals surface area contributed by atoms with E-state index in [0.717, 1.165) is 26.2 Å². The molecule has 0 radical (unpaired) electrons. The molecule has 1 aromatic carbocycles. The Morgan fingerprint density at radius 2 is 2.16 bits per heavy atom. The van der Waals surface area contributed by atoms with Crippen LogP contribution in [0.5, 0.6) is 0 Å². The second-order valence-electron chi connectivity index (χ2n) is 4.40. The molecule has 0 aliphatic heterocycles. The number of hydrogen-bond acceptors (Lipinski definition) is 2. The zero-order chi connectivity index (χ0) is 13.5. The maximum absolute atomic E-state index is 5.04. The van der Waals surface area contributed by atoms with Crippen LogP contribution in [-0.4, -0.2) is 24.8 Å². The van der Waals surface area contributed by atoms with Gasteiger partial charge >= 0.3 is 0 Å². The highest BCUT2D eigenvalue weighted by Crippen LogP contribution is 2.21. The molecular formula is C16H20N2O. The van der Waals surface area contributed by atoms with Crippen molar-refractivity contribution >= 4 is 10.9 Å². The standard InChI is InChI=1S/C16H20N2O/c1-3-4-10-18-13-14(12-17-9-11-19-2)15-7-5-6-8-16(15)18/h5-8,13,17H,9-12H2,1-2H3. The van der Waals surface area contributed by atoms with Crippen LogP contribution in [0, 0.1) is 11.8 Å². The van der Waals surface area contributed by atoms with E-state index < -0.39 is 0 Å². The average molecular weight is 256 g/mol. The number of rotatable bonds is 6. The molecule has 1 N–H and O–H groups in total. The summed E-state index contributed by atoms with van der Waals surface area (Å²) in [5.41, 5.74) is 2.55. The molecule has 0 aliphatic rings. The number of benzene rings is 1. The van der Waals surface area contributed by atoms with E-state index in [2.05, 4.69) is 52.2 Å². The van der Waals surface area contributed by atoms with Crippen LogP contribution in [0.25, 0.3) is 10.9 Å². The Kier molecular flexibility index (Phi) is 5.02. The summed E-state index contributed by atoms with van der Waals surface area (Å²) in [6.45, 7) is 5.08. The Hall–Kier alpha value is -1.76. The van der Waals surface area contributed by atoms with Gasteiger partial charge in [0.15, 0.2) is 0 Å². The third kappa shape index (κ3) is 3.37. The molecule has 0 fully saturated rings. The summed E-state index contributed by atoms with van der Waals surface area (Å²) in [6.07, 6.45) is 2.19. The van der Waals surface area contributed by atoms with Gasteiger partial charge in [-0.15, -0.1) is 5.92 Å². The van der Waals surface area contributed by atoms with Crippen LogP contribution in [0.1, 0.15) is 12.5 Å². The molecule has 1 aromatic heterocycles. The highest BCUT2D eigenvalue weighted by atomic mass is 16.5. The van der Waals surface area contributed by atoms with Crippen LogP contribution < -0.4 is 5.32 Å². The highest BCUT2D eigenvalue weighted by Gasteiger charge is 2.06. The van der Waals surface area contributed by atoms with Crippen molar-refractivity contribution in [3.63, 3.8) is 0 Å². The normalized spacial score (nSPS) is 10.4. The quantitative estimate of drug-likeness (QED) is 0.634. The minimum atomic E-state index is 0.736. The number of hydrogen-bond donors (Lipinski definition) is 1. The topological polar surface area (TPSA) is 26.2 Å². The Labute approximate surface area is 114 Å². The molecule has 19 heavy (non-hydrogen) atoms. The first-order valence-electron chi connectivity index (χ1n) is 6.53. The Morgan fingerprint density at radius 1 is 1.32 bits per heavy atom. The third-order valence-corrected chi connectivity index (χ3v) is 3.10. The van der Waals surface area contributed by atoms with E-state index in [0.29, 0.717) is 0 Å². The van der Waals surface area contributed by atoms with E-state index in [1.807, 2.05) is 6.92 Å². The van der Waals surface area contributed by atoms with E-state index in [-0.39, 0.29) is 0 Å². The van der Waals surface area contributed by atoms with Gasteiger partial charge in [0.25, 0.3) is 0 Å². The third-order valence-electron chi connectivity index (χ3n) is 3.10. The van der Waals surface area contributed by atoms with Crippen molar-refractivity contribution in [3.05, 3.63) is 36.0 Å². The molecule has 3 nitrogen and oxygen atoms in total. The molecule has 0 saturated carbocycles. The van der Waals surface area contributed by atoms with Crippen molar-refractivity contribution in [2.45, 2.75) is 20.0 Å². The van der Waals surface area contributed by atoms with Crippen molar-refractivity contribution in [1.29, 1.82) is 0 Å². The van der Waals surface area contributed by atoms with Crippen LogP contribution in [0.15, 0.2) is 30.5 Å². The molecule has 0 bridgehead atoms. The van der Waals surface area contributed by atoms with Crippen LogP contribution in [0.4, 0.5) is 0 Å². The minimum Gasteiger partial charge on any atom is -0.383 e. The SMILES string of the molecule is CC#CCn1cc(CNCCOC)c2ccccc21. The predicted octanol–water partition coefficient (Wildman–Crippen LogP) is 2.40. The van der Waals surface area contributed by atoms with Crippen molar-refractivity contribution in [1.82, 2.24) is 9.88 Å². The maximum Gasteiger partial charge on any atom is 0.0837 e.